The van der Waals surface area contributed by atoms with Crippen LogP contribution in [0.15, 0.2) is 24.3 Å². The molecular formula is C16H22N4O2S. The van der Waals surface area contributed by atoms with Crippen molar-refractivity contribution >= 4 is 22.5 Å². The van der Waals surface area contributed by atoms with Crippen LogP contribution in [-0.4, -0.2) is 29.9 Å². The van der Waals surface area contributed by atoms with Gasteiger partial charge in [0.15, 0.2) is 0 Å². The predicted molar refractivity (Wildman–Crippen MR) is 92.2 cm³/mol. The molecule has 0 spiro atoms. The first-order chi connectivity index (χ1) is 11.2. The lowest BCUT2D eigenvalue weighted by Crippen LogP contribution is -2.30. The number of hydrogen-bond donors (Lipinski definition) is 2. The summed E-state index contributed by atoms with van der Waals surface area (Å²) in [6, 6.07) is 7.55. The van der Waals surface area contributed by atoms with Crippen molar-refractivity contribution in [3.8, 4) is 5.75 Å². The van der Waals surface area contributed by atoms with Gasteiger partial charge in [0.1, 0.15) is 10.8 Å². The molecule has 2 aromatic rings. The Morgan fingerprint density at radius 2 is 2.00 bits per heavy atom. The zero-order valence-electron chi connectivity index (χ0n) is 13.5. The molecule has 1 heterocycles. The summed E-state index contributed by atoms with van der Waals surface area (Å²) in [7, 11) is 1.64. The molecule has 0 fully saturated rings. The molecule has 23 heavy (non-hydrogen) atoms. The molecule has 0 aliphatic heterocycles. The number of amides is 2. The lowest BCUT2D eigenvalue weighted by molar-refractivity contribution is 0.252. The van der Waals surface area contributed by atoms with Crippen molar-refractivity contribution in [3.63, 3.8) is 0 Å². The first kappa shape index (κ1) is 17.2. The van der Waals surface area contributed by atoms with Gasteiger partial charge in [0.05, 0.1) is 7.11 Å². The van der Waals surface area contributed by atoms with Crippen LogP contribution < -0.4 is 15.4 Å². The average molecular weight is 334 g/mol. The van der Waals surface area contributed by atoms with Gasteiger partial charge in [0.25, 0.3) is 0 Å². The van der Waals surface area contributed by atoms with E-state index in [1.54, 1.807) is 7.11 Å². The minimum atomic E-state index is -0.253. The molecule has 2 rings (SSSR count). The lowest BCUT2D eigenvalue weighted by atomic mass is 10.1. The highest BCUT2D eigenvalue weighted by atomic mass is 32.1. The maximum atomic E-state index is 11.8. The lowest BCUT2D eigenvalue weighted by Gasteiger charge is -2.06. The monoisotopic (exact) mass is 334 g/mol. The largest absolute Gasteiger partial charge is 0.497 e. The Morgan fingerprint density at radius 1 is 1.22 bits per heavy atom. The van der Waals surface area contributed by atoms with Crippen molar-refractivity contribution in [2.24, 2.45) is 0 Å². The maximum Gasteiger partial charge on any atom is 0.321 e. The second-order valence-electron chi connectivity index (χ2n) is 5.08. The second kappa shape index (κ2) is 9.09. The van der Waals surface area contributed by atoms with E-state index in [9.17, 15) is 4.79 Å². The molecule has 6 nitrogen and oxygen atoms in total. The molecule has 1 aromatic heterocycles. The summed E-state index contributed by atoms with van der Waals surface area (Å²) in [6.45, 7) is 2.69. The zero-order valence-corrected chi connectivity index (χ0v) is 14.3. The molecule has 2 amide bonds. The standard InChI is InChI=1S/C16H22N4O2S/c1-3-4-5-14-19-20-16(23-14)18-15(21)17-11-10-12-6-8-13(22-2)9-7-12/h6-9H,3-5,10-11H2,1-2H3,(H2,17,18,20,21). The van der Waals surface area contributed by atoms with Crippen LogP contribution >= 0.6 is 11.3 Å². The van der Waals surface area contributed by atoms with Crippen molar-refractivity contribution in [2.45, 2.75) is 32.6 Å². The quantitative estimate of drug-likeness (QED) is 0.777. The van der Waals surface area contributed by atoms with E-state index in [4.69, 9.17) is 4.74 Å². The third kappa shape index (κ3) is 5.86. The Bertz CT molecular complexity index is 613. The number of aryl methyl sites for hydroxylation is 1. The number of nitrogens with one attached hydrogen (secondary N) is 2. The van der Waals surface area contributed by atoms with E-state index in [2.05, 4.69) is 27.8 Å². The summed E-state index contributed by atoms with van der Waals surface area (Å²) >= 11 is 1.43. The first-order valence-electron chi connectivity index (χ1n) is 7.71. The number of carbonyl (C=O) groups excluding carboxylic acids is 1. The van der Waals surface area contributed by atoms with E-state index < -0.39 is 0 Å². The van der Waals surface area contributed by atoms with E-state index in [1.807, 2.05) is 24.3 Å². The Morgan fingerprint density at radius 3 is 2.70 bits per heavy atom. The highest BCUT2D eigenvalue weighted by Gasteiger charge is 2.07. The Hall–Kier alpha value is -2.15. The number of ether oxygens (including phenoxy) is 1. The van der Waals surface area contributed by atoms with E-state index in [1.165, 1.54) is 11.3 Å². The number of carbonyl (C=O) groups is 1. The number of nitrogens with zero attached hydrogens (tertiary/aromatic N) is 2. The molecule has 2 N–H and O–H groups in total. The van der Waals surface area contributed by atoms with Crippen molar-refractivity contribution < 1.29 is 9.53 Å². The Labute approximate surface area is 140 Å². The van der Waals surface area contributed by atoms with E-state index in [0.29, 0.717) is 11.7 Å². The minimum Gasteiger partial charge on any atom is -0.497 e. The van der Waals surface area contributed by atoms with Crippen molar-refractivity contribution in [1.29, 1.82) is 0 Å². The maximum absolute atomic E-state index is 11.8. The molecule has 7 heteroatoms. The number of rotatable bonds is 8. The number of unbranched alkanes of at least 4 members (excludes halogenated alkanes) is 1. The van der Waals surface area contributed by atoms with Crippen LogP contribution in [0.1, 0.15) is 30.3 Å². The number of aromatic nitrogens is 2. The van der Waals surface area contributed by atoms with Crippen LogP contribution in [0.5, 0.6) is 5.75 Å². The highest BCUT2D eigenvalue weighted by Crippen LogP contribution is 2.17. The van der Waals surface area contributed by atoms with Gasteiger partial charge >= 0.3 is 6.03 Å². The van der Waals surface area contributed by atoms with E-state index in [0.717, 1.165) is 42.0 Å². The predicted octanol–water partition coefficient (Wildman–Crippen LogP) is 3.25. The SMILES string of the molecule is CCCCc1nnc(NC(=O)NCCc2ccc(OC)cc2)s1. The third-order valence-corrected chi connectivity index (χ3v) is 4.19. The molecule has 0 saturated heterocycles. The highest BCUT2D eigenvalue weighted by molar-refractivity contribution is 7.15. The fourth-order valence-electron chi connectivity index (χ4n) is 1.99. The smallest absolute Gasteiger partial charge is 0.321 e. The minimum absolute atomic E-state index is 0.253. The van der Waals surface area contributed by atoms with Gasteiger partial charge in [-0.1, -0.05) is 36.8 Å². The Balaban J connectivity index is 1.71. The molecule has 0 atom stereocenters. The van der Waals surface area contributed by atoms with Crippen LogP contribution in [0.4, 0.5) is 9.93 Å². The number of anilines is 1. The van der Waals surface area contributed by atoms with Crippen LogP contribution in [0.3, 0.4) is 0 Å². The van der Waals surface area contributed by atoms with Gasteiger partial charge in [0.2, 0.25) is 5.13 Å². The molecule has 0 saturated carbocycles. The topological polar surface area (TPSA) is 76.1 Å². The van der Waals surface area contributed by atoms with Crippen molar-refractivity contribution in [1.82, 2.24) is 15.5 Å². The average Bonchev–Trinajstić information content (AvgIpc) is 3.01. The van der Waals surface area contributed by atoms with Crippen LogP contribution in [0.2, 0.25) is 0 Å². The van der Waals surface area contributed by atoms with Gasteiger partial charge < -0.3 is 10.1 Å². The summed E-state index contributed by atoms with van der Waals surface area (Å²) in [6.07, 6.45) is 3.88. The summed E-state index contributed by atoms with van der Waals surface area (Å²) in [4.78, 5) is 11.8. The summed E-state index contributed by atoms with van der Waals surface area (Å²) in [5, 5.41) is 15.1. The molecule has 0 bridgehead atoms. The fraction of sp³-hybridized carbons (Fsp3) is 0.438. The summed E-state index contributed by atoms with van der Waals surface area (Å²) < 4.78 is 5.11. The molecular weight excluding hydrogens is 312 g/mol. The Kier molecular flexibility index (Phi) is 6.80. The van der Waals surface area contributed by atoms with Crippen LogP contribution in [-0.2, 0) is 12.8 Å². The summed E-state index contributed by atoms with van der Waals surface area (Å²) in [5.41, 5.74) is 1.14. The van der Waals surface area contributed by atoms with Gasteiger partial charge in [-0.25, -0.2) is 4.79 Å². The molecule has 0 unspecified atom stereocenters. The zero-order chi connectivity index (χ0) is 16.5. The number of hydrogen-bond acceptors (Lipinski definition) is 5. The van der Waals surface area contributed by atoms with Crippen LogP contribution in [0.25, 0.3) is 0 Å². The fourth-order valence-corrected chi connectivity index (χ4v) is 2.76. The number of urea groups is 1. The number of methoxy groups -OCH3 is 1. The normalized spacial score (nSPS) is 10.3. The molecule has 0 aliphatic rings. The third-order valence-electron chi connectivity index (χ3n) is 3.29. The second-order valence-corrected chi connectivity index (χ2v) is 6.15. The van der Waals surface area contributed by atoms with E-state index in [-0.39, 0.29) is 6.03 Å². The van der Waals surface area contributed by atoms with Crippen molar-refractivity contribution in [2.75, 3.05) is 19.0 Å². The van der Waals surface area contributed by atoms with E-state index >= 15 is 0 Å². The summed E-state index contributed by atoms with van der Waals surface area (Å²) in [5.74, 6) is 0.828. The van der Waals surface area contributed by atoms with Gasteiger partial charge in [-0.3, -0.25) is 5.32 Å². The number of benzene rings is 1. The molecule has 1 aromatic carbocycles. The molecule has 124 valence electrons. The van der Waals surface area contributed by atoms with Crippen LogP contribution in [0, 0.1) is 0 Å². The van der Waals surface area contributed by atoms with Gasteiger partial charge in [-0.05, 0) is 30.5 Å². The van der Waals surface area contributed by atoms with Gasteiger partial charge in [-0.2, -0.15) is 0 Å². The van der Waals surface area contributed by atoms with Gasteiger partial charge in [-0.15, -0.1) is 10.2 Å². The van der Waals surface area contributed by atoms with Gasteiger partial charge in [0, 0.05) is 13.0 Å². The van der Waals surface area contributed by atoms with Crippen molar-refractivity contribution in [3.05, 3.63) is 34.8 Å². The first-order valence-corrected chi connectivity index (χ1v) is 8.53. The molecule has 0 radical (unpaired) electrons. The molecule has 0 aliphatic carbocycles.